The molecule has 0 saturated carbocycles. The summed E-state index contributed by atoms with van der Waals surface area (Å²) in [6.45, 7) is 6.89. The number of carbonyl (C=O) groups is 2. The van der Waals surface area contributed by atoms with Crippen molar-refractivity contribution in [2.24, 2.45) is 7.05 Å². The fraction of sp³-hybridized carbons (Fsp3) is 0.450. The summed E-state index contributed by atoms with van der Waals surface area (Å²) in [6.07, 6.45) is 0.757. The number of rotatable bonds is 5. The maximum absolute atomic E-state index is 12.8. The lowest BCUT2D eigenvalue weighted by molar-refractivity contribution is -0.155. The number of piperazine rings is 1. The van der Waals surface area contributed by atoms with E-state index < -0.39 is 6.04 Å². The Labute approximate surface area is 154 Å². The summed E-state index contributed by atoms with van der Waals surface area (Å²) in [5.74, 6) is 0.00698. The molecule has 0 bridgehead atoms. The van der Waals surface area contributed by atoms with Crippen LogP contribution in [0.3, 0.4) is 0 Å². The molecule has 1 aliphatic heterocycles. The Balaban J connectivity index is 1.69. The van der Waals surface area contributed by atoms with Gasteiger partial charge in [0.25, 0.3) is 0 Å². The first-order valence-corrected chi connectivity index (χ1v) is 8.99. The van der Waals surface area contributed by atoms with E-state index in [9.17, 15) is 9.59 Å². The van der Waals surface area contributed by atoms with E-state index in [-0.39, 0.29) is 18.4 Å². The molecule has 2 aromatic rings. The third-order valence-electron chi connectivity index (χ3n) is 5.28. The lowest BCUT2D eigenvalue weighted by atomic mass is 10.1. The summed E-state index contributed by atoms with van der Waals surface area (Å²) in [4.78, 5) is 28.8. The van der Waals surface area contributed by atoms with Crippen LogP contribution in [0.2, 0.25) is 0 Å². The zero-order valence-electron chi connectivity index (χ0n) is 15.9. The second-order valence-corrected chi connectivity index (χ2v) is 6.97. The first kappa shape index (κ1) is 18.2. The fourth-order valence-electron chi connectivity index (χ4n) is 3.49. The molecule has 0 spiro atoms. The van der Waals surface area contributed by atoms with E-state index in [1.54, 1.807) is 9.80 Å². The van der Waals surface area contributed by atoms with Crippen molar-refractivity contribution in [1.82, 2.24) is 19.6 Å². The number of hydrogen-bond acceptors (Lipinski definition) is 3. The minimum Gasteiger partial charge on any atom is -0.331 e. The van der Waals surface area contributed by atoms with Crippen molar-refractivity contribution in [3.8, 4) is 0 Å². The summed E-state index contributed by atoms with van der Waals surface area (Å²) in [5.41, 5.74) is 4.13. The van der Waals surface area contributed by atoms with Gasteiger partial charge in [0.2, 0.25) is 11.8 Å². The van der Waals surface area contributed by atoms with Gasteiger partial charge in [0.15, 0.2) is 0 Å². The predicted octanol–water partition coefficient (Wildman–Crippen LogP) is 1.84. The van der Waals surface area contributed by atoms with Gasteiger partial charge in [-0.15, -0.1) is 0 Å². The molecule has 138 valence electrons. The third-order valence-corrected chi connectivity index (χ3v) is 5.28. The molecule has 1 aliphatic rings. The molecule has 2 amide bonds. The Morgan fingerprint density at radius 1 is 1.15 bits per heavy atom. The van der Waals surface area contributed by atoms with Crippen LogP contribution in [0.15, 0.2) is 30.3 Å². The second-order valence-electron chi connectivity index (χ2n) is 6.97. The maximum Gasteiger partial charge on any atom is 0.245 e. The molecule has 1 aromatic carbocycles. The van der Waals surface area contributed by atoms with Gasteiger partial charge >= 0.3 is 0 Å². The highest BCUT2D eigenvalue weighted by Crippen LogP contribution is 2.20. The molecule has 1 saturated heterocycles. The van der Waals surface area contributed by atoms with E-state index in [1.165, 1.54) is 5.56 Å². The molecule has 6 nitrogen and oxygen atoms in total. The molecule has 1 aromatic heterocycles. The zero-order valence-corrected chi connectivity index (χ0v) is 15.9. The van der Waals surface area contributed by atoms with Gasteiger partial charge in [-0.05, 0) is 32.8 Å². The maximum atomic E-state index is 12.8. The number of aryl methyl sites for hydroxylation is 2. The van der Waals surface area contributed by atoms with Gasteiger partial charge in [0, 0.05) is 24.8 Å². The van der Waals surface area contributed by atoms with Gasteiger partial charge in [-0.1, -0.05) is 30.3 Å². The normalized spacial score (nSPS) is 17.9. The molecule has 0 radical (unpaired) electrons. The summed E-state index contributed by atoms with van der Waals surface area (Å²) < 4.78 is 1.82. The van der Waals surface area contributed by atoms with Crippen LogP contribution < -0.4 is 0 Å². The van der Waals surface area contributed by atoms with Crippen LogP contribution in [-0.4, -0.2) is 50.5 Å². The van der Waals surface area contributed by atoms with Crippen molar-refractivity contribution < 1.29 is 9.59 Å². The van der Waals surface area contributed by atoms with Crippen LogP contribution in [0.5, 0.6) is 0 Å². The highest BCUT2D eigenvalue weighted by Gasteiger charge is 2.36. The largest absolute Gasteiger partial charge is 0.331 e. The van der Waals surface area contributed by atoms with Crippen molar-refractivity contribution in [1.29, 1.82) is 0 Å². The molecule has 0 N–H and O–H groups in total. The van der Waals surface area contributed by atoms with Crippen LogP contribution in [0.1, 0.15) is 29.4 Å². The molecular weight excluding hydrogens is 328 g/mol. The first-order valence-electron chi connectivity index (χ1n) is 8.99. The standard InChI is InChI=1S/C20H26N4O2/c1-14-18(15(2)22(4)21-14)12-24-16(3)20(26)23(13-19(24)25)11-10-17-8-6-5-7-9-17/h5-9,16H,10-13H2,1-4H3/t16-/m0/s1. The molecule has 1 fully saturated rings. The van der Waals surface area contributed by atoms with Gasteiger partial charge in [-0.25, -0.2) is 0 Å². The average Bonchev–Trinajstić information content (AvgIpc) is 2.87. The van der Waals surface area contributed by atoms with Gasteiger partial charge in [-0.3, -0.25) is 14.3 Å². The summed E-state index contributed by atoms with van der Waals surface area (Å²) in [6, 6.07) is 9.58. The number of aromatic nitrogens is 2. The SMILES string of the molecule is Cc1nn(C)c(C)c1CN1C(=O)CN(CCc2ccccc2)C(=O)[C@@H]1C. The molecule has 2 heterocycles. The van der Waals surface area contributed by atoms with E-state index in [4.69, 9.17) is 0 Å². The van der Waals surface area contributed by atoms with Gasteiger partial charge in [-0.2, -0.15) is 5.10 Å². The van der Waals surface area contributed by atoms with Crippen LogP contribution >= 0.6 is 0 Å². The van der Waals surface area contributed by atoms with Crippen molar-refractivity contribution in [2.45, 2.75) is 39.8 Å². The highest BCUT2D eigenvalue weighted by atomic mass is 16.2. The Hall–Kier alpha value is -2.63. The third kappa shape index (κ3) is 3.49. The summed E-state index contributed by atoms with van der Waals surface area (Å²) in [7, 11) is 1.89. The quantitative estimate of drug-likeness (QED) is 0.823. The van der Waals surface area contributed by atoms with E-state index in [2.05, 4.69) is 5.10 Å². The number of benzene rings is 1. The highest BCUT2D eigenvalue weighted by molar-refractivity contribution is 5.94. The molecule has 0 unspecified atom stereocenters. The van der Waals surface area contributed by atoms with Crippen molar-refractivity contribution in [3.63, 3.8) is 0 Å². The minimum absolute atomic E-state index is 0.00665. The van der Waals surface area contributed by atoms with Crippen LogP contribution in [0.4, 0.5) is 0 Å². The topological polar surface area (TPSA) is 58.4 Å². The average molecular weight is 354 g/mol. The Morgan fingerprint density at radius 3 is 2.46 bits per heavy atom. The van der Waals surface area contributed by atoms with Crippen LogP contribution in [-0.2, 0) is 29.6 Å². The van der Waals surface area contributed by atoms with E-state index in [0.29, 0.717) is 13.1 Å². The lowest BCUT2D eigenvalue weighted by Gasteiger charge is -2.39. The van der Waals surface area contributed by atoms with Crippen molar-refractivity contribution >= 4 is 11.8 Å². The number of hydrogen-bond donors (Lipinski definition) is 0. The van der Waals surface area contributed by atoms with E-state index in [1.807, 2.05) is 62.8 Å². The van der Waals surface area contributed by atoms with Gasteiger partial charge in [0.1, 0.15) is 6.04 Å². The number of carbonyl (C=O) groups excluding carboxylic acids is 2. The van der Waals surface area contributed by atoms with Gasteiger partial charge < -0.3 is 9.80 Å². The zero-order chi connectivity index (χ0) is 18.8. The van der Waals surface area contributed by atoms with E-state index in [0.717, 1.165) is 23.4 Å². The van der Waals surface area contributed by atoms with Crippen molar-refractivity contribution in [2.75, 3.05) is 13.1 Å². The second kappa shape index (κ2) is 7.32. The number of amides is 2. The van der Waals surface area contributed by atoms with E-state index >= 15 is 0 Å². The fourth-order valence-corrected chi connectivity index (χ4v) is 3.49. The Bertz CT molecular complexity index is 813. The Morgan fingerprint density at radius 2 is 1.85 bits per heavy atom. The lowest BCUT2D eigenvalue weighted by Crippen LogP contribution is -2.58. The minimum atomic E-state index is -0.453. The molecule has 1 atom stereocenters. The van der Waals surface area contributed by atoms with Crippen LogP contribution in [0.25, 0.3) is 0 Å². The molecule has 6 heteroatoms. The van der Waals surface area contributed by atoms with Gasteiger partial charge in [0.05, 0.1) is 18.8 Å². The molecule has 0 aliphatic carbocycles. The molecule has 3 rings (SSSR count). The molecule has 26 heavy (non-hydrogen) atoms. The number of nitrogens with zero attached hydrogens (tertiary/aromatic N) is 4. The summed E-state index contributed by atoms with van der Waals surface area (Å²) >= 11 is 0. The monoisotopic (exact) mass is 354 g/mol. The smallest absolute Gasteiger partial charge is 0.245 e. The predicted molar refractivity (Wildman–Crippen MR) is 99.4 cm³/mol. The van der Waals surface area contributed by atoms with Crippen LogP contribution in [0, 0.1) is 13.8 Å². The van der Waals surface area contributed by atoms with Crippen molar-refractivity contribution in [3.05, 3.63) is 52.8 Å². The Kier molecular flexibility index (Phi) is 5.11. The first-order chi connectivity index (χ1) is 12.4. The summed E-state index contributed by atoms with van der Waals surface area (Å²) in [5, 5.41) is 4.41. The molecular formula is C20H26N4O2.